The highest BCUT2D eigenvalue weighted by Crippen LogP contribution is 2.28. The van der Waals surface area contributed by atoms with E-state index >= 15 is 0 Å². The van der Waals surface area contributed by atoms with Gasteiger partial charge in [0.2, 0.25) is 0 Å². The number of likely N-dealkylation sites (N-methyl/N-ethyl adjacent to an activating group) is 1. The molecule has 142 valence electrons. The maximum atomic E-state index is 12.5. The number of morpholine rings is 1. The van der Waals surface area contributed by atoms with Crippen LogP contribution < -0.4 is 15.1 Å². The van der Waals surface area contributed by atoms with E-state index in [4.69, 9.17) is 13.9 Å². The first-order valence-electron chi connectivity index (χ1n) is 9.39. The maximum absolute atomic E-state index is 12.5. The predicted molar refractivity (Wildman–Crippen MR) is 104 cm³/mol. The number of fused-ring (bicyclic) bond motifs is 1. The Kier molecular flexibility index (Phi) is 6.16. The zero-order valence-corrected chi connectivity index (χ0v) is 15.9. The molecule has 1 aliphatic heterocycles. The van der Waals surface area contributed by atoms with Crippen molar-refractivity contribution >= 4 is 16.9 Å². The highest BCUT2D eigenvalue weighted by atomic mass is 16.5. The Morgan fingerprint density at radius 1 is 1.19 bits per heavy atom. The Balaban J connectivity index is 1.85. The Labute approximate surface area is 154 Å². The number of hydrogen-bond acceptors (Lipinski definition) is 6. The van der Waals surface area contributed by atoms with Crippen LogP contribution in [0.15, 0.2) is 27.4 Å². The Bertz CT molecular complexity index is 792. The zero-order valence-electron chi connectivity index (χ0n) is 15.9. The lowest BCUT2D eigenvalue weighted by molar-refractivity contribution is 0.121. The van der Waals surface area contributed by atoms with Crippen LogP contribution in [-0.4, -0.2) is 57.4 Å². The molecule has 3 rings (SSSR count). The summed E-state index contributed by atoms with van der Waals surface area (Å²) in [6, 6.07) is 5.24. The van der Waals surface area contributed by atoms with Crippen molar-refractivity contribution in [3.63, 3.8) is 0 Å². The van der Waals surface area contributed by atoms with Gasteiger partial charge in [-0.15, -0.1) is 0 Å². The van der Waals surface area contributed by atoms with Gasteiger partial charge in [0.25, 0.3) is 0 Å². The largest absolute Gasteiger partial charge is 0.492 e. The van der Waals surface area contributed by atoms with Crippen LogP contribution >= 0.6 is 0 Å². The standard InChI is InChI=1S/C20H28N2O4/c1-4-21(5-2)8-13-25-18-7-6-16-17(23)14-19(26-20(16)15(18)3)22-9-11-24-12-10-22/h6-7,14H,4-5,8-13H2,1-3H3. The molecule has 0 spiro atoms. The maximum Gasteiger partial charge on any atom is 0.200 e. The number of ether oxygens (including phenoxy) is 2. The summed E-state index contributed by atoms with van der Waals surface area (Å²) in [5.74, 6) is 1.38. The summed E-state index contributed by atoms with van der Waals surface area (Å²) in [7, 11) is 0. The topological polar surface area (TPSA) is 55.2 Å². The molecule has 0 aliphatic carbocycles. The second-order valence-corrected chi connectivity index (χ2v) is 6.49. The van der Waals surface area contributed by atoms with Crippen LogP contribution in [0.5, 0.6) is 5.75 Å². The van der Waals surface area contributed by atoms with Gasteiger partial charge >= 0.3 is 0 Å². The van der Waals surface area contributed by atoms with Gasteiger partial charge < -0.3 is 23.7 Å². The van der Waals surface area contributed by atoms with Crippen LogP contribution in [0, 0.1) is 6.92 Å². The van der Waals surface area contributed by atoms with Crippen molar-refractivity contribution in [3.05, 3.63) is 34.0 Å². The predicted octanol–water partition coefficient (Wildman–Crippen LogP) is 2.66. The Morgan fingerprint density at radius 3 is 2.62 bits per heavy atom. The van der Waals surface area contributed by atoms with Crippen molar-refractivity contribution < 1.29 is 13.9 Å². The summed E-state index contributed by atoms with van der Waals surface area (Å²) >= 11 is 0. The number of aryl methyl sites for hydroxylation is 1. The molecule has 26 heavy (non-hydrogen) atoms. The van der Waals surface area contributed by atoms with Crippen LogP contribution in [0.2, 0.25) is 0 Å². The summed E-state index contributed by atoms with van der Waals surface area (Å²) in [6.07, 6.45) is 0. The van der Waals surface area contributed by atoms with Crippen molar-refractivity contribution in [1.29, 1.82) is 0 Å². The number of benzene rings is 1. The van der Waals surface area contributed by atoms with E-state index < -0.39 is 0 Å². The zero-order chi connectivity index (χ0) is 18.5. The smallest absolute Gasteiger partial charge is 0.200 e. The van der Waals surface area contributed by atoms with Crippen LogP contribution in [0.25, 0.3) is 11.0 Å². The molecule has 2 heterocycles. The molecule has 1 aliphatic rings. The Hall–Kier alpha value is -2.05. The lowest BCUT2D eigenvalue weighted by Crippen LogP contribution is -2.36. The van der Waals surface area contributed by atoms with Crippen molar-refractivity contribution in [2.45, 2.75) is 20.8 Å². The second kappa shape index (κ2) is 8.56. The fourth-order valence-corrected chi connectivity index (χ4v) is 3.24. The fraction of sp³-hybridized carbons (Fsp3) is 0.550. The van der Waals surface area contributed by atoms with Gasteiger partial charge in [0.15, 0.2) is 11.3 Å². The minimum Gasteiger partial charge on any atom is -0.492 e. The van der Waals surface area contributed by atoms with Crippen LogP contribution in [0.4, 0.5) is 5.88 Å². The van der Waals surface area contributed by atoms with Crippen LogP contribution in [0.1, 0.15) is 19.4 Å². The summed E-state index contributed by atoms with van der Waals surface area (Å²) < 4.78 is 17.4. The normalized spacial score (nSPS) is 15.0. The average Bonchev–Trinajstić information content (AvgIpc) is 2.68. The average molecular weight is 360 g/mol. The first-order chi connectivity index (χ1) is 12.6. The summed E-state index contributed by atoms with van der Waals surface area (Å²) in [6.45, 7) is 12.5. The minimum absolute atomic E-state index is 0.0227. The molecule has 2 aromatic rings. The highest BCUT2D eigenvalue weighted by Gasteiger charge is 2.17. The van der Waals surface area contributed by atoms with Gasteiger partial charge in [-0.1, -0.05) is 13.8 Å². The molecule has 6 nitrogen and oxygen atoms in total. The van der Waals surface area contributed by atoms with Crippen molar-refractivity contribution in [3.8, 4) is 5.75 Å². The summed E-state index contributed by atoms with van der Waals surface area (Å²) in [4.78, 5) is 16.9. The van der Waals surface area contributed by atoms with Gasteiger partial charge in [0, 0.05) is 31.3 Å². The molecule has 1 aromatic heterocycles. The van der Waals surface area contributed by atoms with E-state index in [1.54, 1.807) is 12.1 Å². The van der Waals surface area contributed by atoms with E-state index in [2.05, 4.69) is 23.6 Å². The lowest BCUT2D eigenvalue weighted by Gasteiger charge is -2.27. The molecular formula is C20H28N2O4. The number of anilines is 1. The first-order valence-corrected chi connectivity index (χ1v) is 9.39. The lowest BCUT2D eigenvalue weighted by atomic mass is 10.1. The third-order valence-electron chi connectivity index (χ3n) is 4.97. The molecule has 0 radical (unpaired) electrons. The summed E-state index contributed by atoms with van der Waals surface area (Å²) in [5, 5.41) is 0.593. The fourth-order valence-electron chi connectivity index (χ4n) is 3.24. The first kappa shape index (κ1) is 18.7. The van der Waals surface area contributed by atoms with Gasteiger partial charge in [0.1, 0.15) is 17.9 Å². The minimum atomic E-state index is -0.0227. The monoisotopic (exact) mass is 360 g/mol. The van der Waals surface area contributed by atoms with Crippen LogP contribution in [0.3, 0.4) is 0 Å². The molecule has 1 aromatic carbocycles. The summed E-state index contributed by atoms with van der Waals surface area (Å²) in [5.41, 5.74) is 1.46. The molecule has 1 fully saturated rings. The third-order valence-corrected chi connectivity index (χ3v) is 4.97. The molecule has 0 N–H and O–H groups in total. The van der Waals surface area contributed by atoms with Gasteiger partial charge in [-0.05, 0) is 32.1 Å². The highest BCUT2D eigenvalue weighted by molar-refractivity contribution is 5.82. The molecule has 1 saturated heterocycles. The Morgan fingerprint density at radius 2 is 1.92 bits per heavy atom. The molecular weight excluding hydrogens is 332 g/mol. The molecule has 0 atom stereocenters. The van der Waals surface area contributed by atoms with Crippen molar-refractivity contribution in [2.24, 2.45) is 0 Å². The molecule has 0 amide bonds. The van der Waals surface area contributed by atoms with E-state index in [1.165, 1.54) is 0 Å². The number of rotatable bonds is 7. The SMILES string of the molecule is CCN(CC)CCOc1ccc2c(=O)cc(N3CCOCC3)oc2c1C. The van der Waals surface area contributed by atoms with E-state index in [9.17, 15) is 4.79 Å². The van der Waals surface area contributed by atoms with Gasteiger partial charge in [0.05, 0.1) is 18.6 Å². The number of hydrogen-bond donors (Lipinski definition) is 0. The van der Waals surface area contributed by atoms with E-state index in [-0.39, 0.29) is 5.43 Å². The van der Waals surface area contributed by atoms with Crippen molar-refractivity contribution in [1.82, 2.24) is 4.90 Å². The molecule has 6 heteroatoms. The van der Waals surface area contributed by atoms with Gasteiger partial charge in [-0.25, -0.2) is 0 Å². The quantitative estimate of drug-likeness (QED) is 0.757. The second-order valence-electron chi connectivity index (χ2n) is 6.49. The van der Waals surface area contributed by atoms with Gasteiger partial charge in [-0.2, -0.15) is 0 Å². The van der Waals surface area contributed by atoms with Gasteiger partial charge in [-0.3, -0.25) is 4.79 Å². The van der Waals surface area contributed by atoms with E-state index in [1.807, 2.05) is 13.0 Å². The number of nitrogens with zero attached hydrogens (tertiary/aromatic N) is 2. The molecule has 0 bridgehead atoms. The van der Waals surface area contributed by atoms with Crippen LogP contribution in [-0.2, 0) is 4.74 Å². The van der Waals surface area contributed by atoms with E-state index in [0.717, 1.165) is 44.0 Å². The van der Waals surface area contributed by atoms with E-state index in [0.29, 0.717) is 36.7 Å². The van der Waals surface area contributed by atoms with Crippen molar-refractivity contribution in [2.75, 3.05) is 57.4 Å². The molecule has 0 unspecified atom stereocenters. The third kappa shape index (κ3) is 4.02. The molecule has 0 saturated carbocycles.